The van der Waals surface area contributed by atoms with Gasteiger partial charge >= 0.3 is 0 Å². The minimum atomic E-state index is -0.226. The van der Waals surface area contributed by atoms with Crippen molar-refractivity contribution < 1.29 is 4.79 Å². The molecule has 3 heterocycles. The molecule has 2 aromatic heterocycles. The van der Waals surface area contributed by atoms with E-state index >= 15 is 0 Å². The van der Waals surface area contributed by atoms with Crippen LogP contribution in [-0.2, 0) is 4.79 Å². The molecule has 0 bridgehead atoms. The van der Waals surface area contributed by atoms with E-state index in [9.17, 15) is 4.79 Å². The number of hydrogen-bond acceptors (Lipinski definition) is 3. The van der Waals surface area contributed by atoms with E-state index in [-0.39, 0.29) is 23.9 Å². The number of anilines is 2. The normalized spacial score (nSPS) is 16.9. The molecule has 0 saturated carbocycles. The van der Waals surface area contributed by atoms with Crippen LogP contribution in [0.25, 0.3) is 16.5 Å². The summed E-state index contributed by atoms with van der Waals surface area (Å²) in [5.41, 5.74) is 4.38. The van der Waals surface area contributed by atoms with Crippen molar-refractivity contribution in [1.82, 2.24) is 14.9 Å². The number of pyridine rings is 1. The number of carbonyl (C=O) groups excluding carboxylic acids is 1. The lowest BCUT2D eigenvalue weighted by atomic mass is 10.0. The van der Waals surface area contributed by atoms with Crippen LogP contribution in [0, 0.1) is 5.92 Å². The topological polar surface area (TPSA) is 62.2 Å². The Kier molecular flexibility index (Phi) is 7.00. The largest absolute Gasteiger partial charge is 0.351 e. The fraction of sp³-hybridized carbons (Fsp3) is 0.156. The number of rotatable bonds is 6. The summed E-state index contributed by atoms with van der Waals surface area (Å²) in [6.07, 6.45) is 3.87. The van der Waals surface area contributed by atoms with E-state index in [2.05, 4.69) is 79.8 Å². The van der Waals surface area contributed by atoms with Gasteiger partial charge in [0.15, 0.2) is 5.11 Å². The Morgan fingerprint density at radius 3 is 2.48 bits per heavy atom. The number of aromatic nitrogens is 2. The van der Waals surface area contributed by atoms with Crippen LogP contribution in [0.5, 0.6) is 0 Å². The number of nitrogens with zero attached hydrogens (tertiary/aromatic N) is 3. The smallest absolute Gasteiger partial charge is 0.226 e. The van der Waals surface area contributed by atoms with Gasteiger partial charge in [0.05, 0.1) is 22.4 Å². The van der Waals surface area contributed by atoms with Crippen LogP contribution < -0.4 is 15.5 Å². The molecule has 0 radical (unpaired) electrons. The molecule has 0 spiro atoms. The maximum Gasteiger partial charge on any atom is 0.226 e. The molecular weight excluding hydrogens is 538 g/mol. The number of amides is 1. The zero-order chi connectivity index (χ0) is 27.8. The molecule has 8 heteroatoms. The van der Waals surface area contributed by atoms with Crippen molar-refractivity contribution in [2.75, 3.05) is 10.2 Å². The SMILES string of the molecule is CC(C)C(=O)Nc1ccc(N2C(=S)N[C@@H](c3ccccn3)[C@@H]2c2cccn2-c2ccc3ccccc3c2)cc1Cl. The maximum absolute atomic E-state index is 12.3. The van der Waals surface area contributed by atoms with E-state index in [0.717, 1.165) is 22.8 Å². The second-order valence-electron chi connectivity index (χ2n) is 10.1. The van der Waals surface area contributed by atoms with Crippen molar-refractivity contribution >= 4 is 57.0 Å². The number of halogens is 1. The van der Waals surface area contributed by atoms with Gasteiger partial charge in [0.25, 0.3) is 0 Å². The van der Waals surface area contributed by atoms with E-state index in [0.29, 0.717) is 15.8 Å². The zero-order valence-corrected chi connectivity index (χ0v) is 23.7. The van der Waals surface area contributed by atoms with Gasteiger partial charge < -0.3 is 20.1 Å². The van der Waals surface area contributed by atoms with E-state index in [1.165, 1.54) is 10.8 Å². The highest BCUT2D eigenvalue weighted by atomic mass is 35.5. The molecule has 6 nitrogen and oxygen atoms in total. The lowest BCUT2D eigenvalue weighted by Crippen LogP contribution is -2.30. The Hall–Kier alpha value is -4.20. The highest BCUT2D eigenvalue weighted by molar-refractivity contribution is 7.80. The van der Waals surface area contributed by atoms with Crippen molar-refractivity contribution in [3.05, 3.63) is 120 Å². The molecule has 1 aliphatic heterocycles. The van der Waals surface area contributed by atoms with Crippen molar-refractivity contribution in [2.45, 2.75) is 25.9 Å². The molecular formula is C32H28ClN5OS. The third-order valence-corrected chi connectivity index (χ3v) is 7.83. The van der Waals surface area contributed by atoms with Gasteiger partial charge in [-0.2, -0.15) is 0 Å². The van der Waals surface area contributed by atoms with Crippen LogP contribution in [0.2, 0.25) is 5.02 Å². The Morgan fingerprint density at radius 1 is 0.950 bits per heavy atom. The Labute approximate surface area is 243 Å². The first-order valence-corrected chi connectivity index (χ1v) is 14.0. The summed E-state index contributed by atoms with van der Waals surface area (Å²) in [7, 11) is 0. The molecule has 0 aliphatic carbocycles. The molecule has 40 heavy (non-hydrogen) atoms. The van der Waals surface area contributed by atoms with E-state index in [4.69, 9.17) is 23.8 Å². The lowest BCUT2D eigenvalue weighted by Gasteiger charge is -2.29. The minimum absolute atomic E-state index is 0.0886. The molecule has 2 atom stereocenters. The molecule has 1 fully saturated rings. The summed E-state index contributed by atoms with van der Waals surface area (Å²) in [4.78, 5) is 19.1. The van der Waals surface area contributed by atoms with Gasteiger partial charge in [-0.15, -0.1) is 0 Å². The van der Waals surface area contributed by atoms with Crippen LogP contribution in [0.4, 0.5) is 11.4 Å². The van der Waals surface area contributed by atoms with Crippen molar-refractivity contribution in [3.63, 3.8) is 0 Å². The van der Waals surface area contributed by atoms with Crippen LogP contribution >= 0.6 is 23.8 Å². The van der Waals surface area contributed by atoms with E-state index in [1.807, 2.05) is 56.3 Å². The number of benzene rings is 3. The number of thiocarbonyl (C=S) groups is 1. The molecule has 0 unspecified atom stereocenters. The van der Waals surface area contributed by atoms with Crippen molar-refractivity contribution in [3.8, 4) is 5.69 Å². The number of hydrogen-bond donors (Lipinski definition) is 2. The van der Waals surface area contributed by atoms with Crippen LogP contribution in [0.15, 0.2) is 103 Å². The number of nitrogens with one attached hydrogen (secondary N) is 2. The first-order valence-electron chi connectivity index (χ1n) is 13.2. The fourth-order valence-electron chi connectivity index (χ4n) is 5.16. The van der Waals surface area contributed by atoms with Gasteiger partial charge in [0, 0.05) is 35.4 Å². The highest BCUT2D eigenvalue weighted by Crippen LogP contribution is 2.43. The van der Waals surface area contributed by atoms with Crippen LogP contribution in [0.1, 0.15) is 37.3 Å². The third-order valence-electron chi connectivity index (χ3n) is 7.21. The molecule has 1 amide bonds. The second kappa shape index (κ2) is 10.8. The number of carbonyl (C=O) groups is 1. The number of fused-ring (bicyclic) bond motifs is 1. The highest BCUT2D eigenvalue weighted by Gasteiger charge is 2.42. The first kappa shape index (κ1) is 26.0. The maximum atomic E-state index is 12.3. The summed E-state index contributed by atoms with van der Waals surface area (Å²) in [5, 5.41) is 9.80. The van der Waals surface area contributed by atoms with E-state index < -0.39 is 0 Å². The van der Waals surface area contributed by atoms with Gasteiger partial charge in [-0.25, -0.2) is 0 Å². The second-order valence-corrected chi connectivity index (χ2v) is 10.9. The standard InChI is InChI=1S/C32H28ClN5OS/c1-20(2)31(39)35-26-15-14-24(19-25(26)33)38-30(29(36-32(38)40)27-10-5-6-16-34-27)28-11-7-17-37(28)23-13-12-21-8-3-4-9-22(21)18-23/h3-20,29-30H,1-2H3,(H,35,39)(H,36,40)/t29-,30-/m0/s1. The third kappa shape index (κ3) is 4.83. The predicted molar refractivity (Wildman–Crippen MR) is 166 cm³/mol. The zero-order valence-electron chi connectivity index (χ0n) is 22.1. The predicted octanol–water partition coefficient (Wildman–Crippen LogP) is 7.45. The average molecular weight is 566 g/mol. The quantitative estimate of drug-likeness (QED) is 0.209. The van der Waals surface area contributed by atoms with Gasteiger partial charge in [-0.3, -0.25) is 9.78 Å². The summed E-state index contributed by atoms with van der Waals surface area (Å²) >= 11 is 12.6. The Morgan fingerprint density at radius 2 is 1.73 bits per heavy atom. The van der Waals surface area contributed by atoms with Gasteiger partial charge in [0.1, 0.15) is 6.04 Å². The van der Waals surface area contributed by atoms with Crippen molar-refractivity contribution in [1.29, 1.82) is 0 Å². The molecule has 200 valence electrons. The Bertz CT molecular complexity index is 1720. The molecule has 1 aliphatic rings. The molecule has 5 aromatic rings. The van der Waals surface area contributed by atoms with E-state index in [1.54, 1.807) is 6.20 Å². The lowest BCUT2D eigenvalue weighted by molar-refractivity contribution is -0.118. The summed E-state index contributed by atoms with van der Waals surface area (Å²) in [5.74, 6) is -0.244. The Balaban J connectivity index is 1.45. The average Bonchev–Trinajstić information content (AvgIpc) is 3.58. The molecule has 2 N–H and O–H groups in total. The summed E-state index contributed by atoms with van der Waals surface area (Å²) < 4.78 is 2.20. The minimum Gasteiger partial charge on any atom is -0.351 e. The monoisotopic (exact) mass is 565 g/mol. The van der Waals surface area contributed by atoms with Gasteiger partial charge in [0.2, 0.25) is 5.91 Å². The molecule has 6 rings (SSSR count). The van der Waals surface area contributed by atoms with Crippen LogP contribution in [0.3, 0.4) is 0 Å². The molecule has 3 aromatic carbocycles. The first-order chi connectivity index (χ1) is 19.4. The molecule has 1 saturated heterocycles. The van der Waals surface area contributed by atoms with Gasteiger partial charge in [-0.1, -0.05) is 61.8 Å². The summed E-state index contributed by atoms with van der Waals surface area (Å²) in [6, 6.07) is 30.1. The summed E-state index contributed by atoms with van der Waals surface area (Å²) in [6.45, 7) is 3.69. The van der Waals surface area contributed by atoms with Crippen molar-refractivity contribution in [2.24, 2.45) is 5.92 Å². The van der Waals surface area contributed by atoms with Crippen LogP contribution in [-0.4, -0.2) is 20.6 Å². The van der Waals surface area contributed by atoms with Gasteiger partial charge in [-0.05, 0) is 77.6 Å². The fourth-order valence-corrected chi connectivity index (χ4v) is 5.73.